The van der Waals surface area contributed by atoms with Gasteiger partial charge < -0.3 is 14.2 Å². The third kappa shape index (κ3) is 60.9. The van der Waals surface area contributed by atoms with Crippen molar-refractivity contribution < 1.29 is 28.6 Å². The molecule has 1 unspecified atom stereocenters. The third-order valence-electron chi connectivity index (χ3n) is 13.6. The summed E-state index contributed by atoms with van der Waals surface area (Å²) in [5.74, 6) is -1.07. The van der Waals surface area contributed by atoms with Gasteiger partial charge >= 0.3 is 17.9 Å². The van der Waals surface area contributed by atoms with Crippen LogP contribution in [0, 0.1) is 0 Å². The van der Waals surface area contributed by atoms with Gasteiger partial charge in [-0.05, 0) is 83.5 Å². The summed E-state index contributed by atoms with van der Waals surface area (Å²) in [6.07, 6.45) is 87.1. The summed E-state index contributed by atoms with van der Waals surface area (Å²) in [6.45, 7) is 6.33. The molecule has 0 aromatic heterocycles. The van der Waals surface area contributed by atoms with Gasteiger partial charge in [-0.15, -0.1) is 0 Å². The molecule has 0 aromatic carbocycles. The molecule has 0 amide bonds. The van der Waals surface area contributed by atoms with Crippen LogP contribution >= 0.6 is 0 Å². The van der Waals surface area contributed by atoms with Crippen LogP contribution < -0.4 is 0 Å². The number of hydrogen-bond acceptors (Lipinski definition) is 6. The first kappa shape index (κ1) is 72.1. The zero-order chi connectivity index (χ0) is 55.0. The van der Waals surface area contributed by atoms with E-state index in [0.29, 0.717) is 6.42 Å². The van der Waals surface area contributed by atoms with Crippen LogP contribution in [0.15, 0.2) is 109 Å². The van der Waals surface area contributed by atoms with E-state index in [1.165, 1.54) is 148 Å². The van der Waals surface area contributed by atoms with Crippen molar-refractivity contribution in [1.82, 2.24) is 0 Å². The quantitative estimate of drug-likeness (QED) is 0.0261. The molecule has 0 fully saturated rings. The van der Waals surface area contributed by atoms with Crippen molar-refractivity contribution in [3.63, 3.8) is 0 Å². The first-order valence-corrected chi connectivity index (χ1v) is 31.9. The Labute approximate surface area is 470 Å². The first-order chi connectivity index (χ1) is 37.5. The molecule has 0 spiro atoms. The molecule has 434 valence electrons. The van der Waals surface area contributed by atoms with Gasteiger partial charge in [0.2, 0.25) is 0 Å². The highest BCUT2D eigenvalue weighted by Crippen LogP contribution is 2.17. The van der Waals surface area contributed by atoms with E-state index in [0.717, 1.165) is 109 Å². The molecular weight excluding hydrogens is 937 g/mol. The van der Waals surface area contributed by atoms with Gasteiger partial charge in [0.05, 0.1) is 6.42 Å². The second kappa shape index (κ2) is 63.6. The van der Waals surface area contributed by atoms with E-state index in [-0.39, 0.29) is 38.0 Å². The SMILES string of the molecule is CC/C=C\C/C=C\C/C=C\C/C=C\C/C=C\CC(=O)OCC(COC(=O)CCCCCCCCCCCCCCCCCCCCCCCCCCCC)OC(=O)CCCCCC/C=C\C/C=C\C/C=C\C/C=C\CC. The maximum Gasteiger partial charge on any atom is 0.309 e. The molecular formula is C70H118O6. The van der Waals surface area contributed by atoms with Crippen molar-refractivity contribution in [3.05, 3.63) is 109 Å². The van der Waals surface area contributed by atoms with Crippen LogP contribution in [0.3, 0.4) is 0 Å². The van der Waals surface area contributed by atoms with Crippen LogP contribution in [-0.4, -0.2) is 37.2 Å². The van der Waals surface area contributed by atoms with E-state index in [1.54, 1.807) is 6.08 Å². The Morgan fingerprint density at radius 1 is 0.289 bits per heavy atom. The van der Waals surface area contributed by atoms with Crippen molar-refractivity contribution in [2.45, 2.75) is 303 Å². The Morgan fingerprint density at radius 3 is 0.921 bits per heavy atom. The summed E-state index contributed by atoms with van der Waals surface area (Å²) in [5, 5.41) is 0. The first-order valence-electron chi connectivity index (χ1n) is 31.9. The van der Waals surface area contributed by atoms with Crippen LogP contribution in [0.2, 0.25) is 0 Å². The molecule has 76 heavy (non-hydrogen) atoms. The summed E-state index contributed by atoms with van der Waals surface area (Å²) in [7, 11) is 0. The number of esters is 3. The molecule has 0 heterocycles. The van der Waals surface area contributed by atoms with Crippen molar-refractivity contribution >= 4 is 17.9 Å². The van der Waals surface area contributed by atoms with Crippen LogP contribution in [-0.2, 0) is 28.6 Å². The Bertz CT molecular complexity index is 1540. The van der Waals surface area contributed by atoms with Crippen molar-refractivity contribution in [3.8, 4) is 0 Å². The molecule has 0 radical (unpaired) electrons. The lowest BCUT2D eigenvalue weighted by Crippen LogP contribution is -2.30. The number of carbonyl (C=O) groups excluding carboxylic acids is 3. The van der Waals surface area contributed by atoms with Crippen molar-refractivity contribution in [1.29, 1.82) is 0 Å². The van der Waals surface area contributed by atoms with Crippen LogP contribution in [0.4, 0.5) is 0 Å². The molecule has 1 atom stereocenters. The lowest BCUT2D eigenvalue weighted by molar-refractivity contribution is -0.166. The standard InChI is InChI=1S/C70H118O6/c1-4-7-10-13-16-19-22-25-28-30-31-32-33-34-35-36-37-38-40-42-45-48-51-54-57-60-63-69(72)75-66-67(65-74-68(71)62-59-56-53-50-47-44-41-27-24-21-18-15-12-9-6-3)76-70(73)64-61-58-55-52-49-46-43-39-29-26-23-20-17-14-11-8-5-2/h8-9,11-12,17-18,20-21,26-27,29,41,43,46-47,50,56,59,67H,4-7,10,13-16,19,22-25,28,30-40,42,44-45,48-49,51-55,57-58,60-66H2,1-3H3/b11-8-,12-9-,20-17-,21-18-,29-26-,41-27-,46-43-,50-47-,59-56-. The number of unbranched alkanes of at least 4 members (excludes halogenated alkanes) is 29. The van der Waals surface area contributed by atoms with Gasteiger partial charge in [0.15, 0.2) is 6.10 Å². The second-order valence-electron chi connectivity index (χ2n) is 20.9. The number of ether oxygens (including phenoxy) is 3. The lowest BCUT2D eigenvalue weighted by Gasteiger charge is -2.18. The van der Waals surface area contributed by atoms with Gasteiger partial charge in [0.25, 0.3) is 0 Å². The summed E-state index contributed by atoms with van der Waals surface area (Å²) in [5.41, 5.74) is 0. The Hall–Kier alpha value is -3.93. The maximum atomic E-state index is 12.9. The fourth-order valence-corrected chi connectivity index (χ4v) is 8.86. The highest BCUT2D eigenvalue weighted by molar-refractivity contribution is 5.72. The van der Waals surface area contributed by atoms with Crippen LogP contribution in [0.1, 0.15) is 297 Å². The lowest BCUT2D eigenvalue weighted by atomic mass is 10.0. The van der Waals surface area contributed by atoms with E-state index in [1.807, 2.05) is 6.08 Å². The normalized spacial score (nSPS) is 12.8. The average Bonchev–Trinajstić information content (AvgIpc) is 3.42. The fourth-order valence-electron chi connectivity index (χ4n) is 8.86. The molecule has 0 bridgehead atoms. The molecule has 0 aromatic rings. The molecule has 0 aliphatic rings. The number of hydrogen-bond donors (Lipinski definition) is 0. The van der Waals surface area contributed by atoms with Gasteiger partial charge in [-0.3, -0.25) is 14.4 Å². The average molecular weight is 1060 g/mol. The van der Waals surface area contributed by atoms with E-state index < -0.39 is 12.1 Å². The number of rotatable bonds is 57. The zero-order valence-electron chi connectivity index (χ0n) is 49.7. The second-order valence-corrected chi connectivity index (χ2v) is 20.9. The largest absolute Gasteiger partial charge is 0.462 e. The minimum Gasteiger partial charge on any atom is -0.462 e. The number of allylic oxidation sites excluding steroid dienone is 17. The highest BCUT2D eigenvalue weighted by Gasteiger charge is 2.19. The van der Waals surface area contributed by atoms with Gasteiger partial charge in [-0.2, -0.15) is 0 Å². The van der Waals surface area contributed by atoms with E-state index in [2.05, 4.69) is 118 Å². The van der Waals surface area contributed by atoms with E-state index in [4.69, 9.17) is 14.2 Å². The van der Waals surface area contributed by atoms with Gasteiger partial charge in [0, 0.05) is 12.8 Å². The molecule has 6 heteroatoms. The summed E-state index contributed by atoms with van der Waals surface area (Å²) < 4.78 is 16.8. The predicted octanol–water partition coefficient (Wildman–Crippen LogP) is 21.8. The topological polar surface area (TPSA) is 78.9 Å². The fraction of sp³-hybridized carbons (Fsp3) is 0.700. The Morgan fingerprint density at radius 2 is 0.566 bits per heavy atom. The number of carbonyl (C=O) groups is 3. The van der Waals surface area contributed by atoms with E-state index >= 15 is 0 Å². The minimum atomic E-state index is -0.833. The summed E-state index contributed by atoms with van der Waals surface area (Å²) >= 11 is 0. The minimum absolute atomic E-state index is 0.117. The molecule has 0 saturated carbocycles. The Balaban J connectivity index is 4.37. The Kier molecular flexibility index (Phi) is 60.3. The van der Waals surface area contributed by atoms with Crippen LogP contribution in [0.5, 0.6) is 0 Å². The zero-order valence-corrected chi connectivity index (χ0v) is 49.7. The van der Waals surface area contributed by atoms with Gasteiger partial charge in [-0.25, -0.2) is 0 Å². The van der Waals surface area contributed by atoms with Gasteiger partial charge in [-0.1, -0.05) is 304 Å². The highest BCUT2D eigenvalue weighted by atomic mass is 16.6. The van der Waals surface area contributed by atoms with Crippen molar-refractivity contribution in [2.75, 3.05) is 13.2 Å². The molecule has 0 aliphatic carbocycles. The molecule has 0 aliphatic heterocycles. The third-order valence-corrected chi connectivity index (χ3v) is 13.6. The van der Waals surface area contributed by atoms with Crippen molar-refractivity contribution in [2.24, 2.45) is 0 Å². The summed E-state index contributed by atoms with van der Waals surface area (Å²) in [6, 6.07) is 0. The van der Waals surface area contributed by atoms with E-state index in [9.17, 15) is 14.4 Å². The monoisotopic (exact) mass is 1050 g/mol. The maximum absolute atomic E-state index is 12.9. The smallest absolute Gasteiger partial charge is 0.309 e. The summed E-state index contributed by atoms with van der Waals surface area (Å²) in [4.78, 5) is 38.2. The van der Waals surface area contributed by atoms with Gasteiger partial charge in [0.1, 0.15) is 13.2 Å². The van der Waals surface area contributed by atoms with Crippen LogP contribution in [0.25, 0.3) is 0 Å². The molecule has 0 saturated heterocycles. The molecule has 6 nitrogen and oxygen atoms in total. The molecule has 0 rings (SSSR count). The predicted molar refractivity (Wildman–Crippen MR) is 330 cm³/mol. The molecule has 0 N–H and O–H groups in total.